The van der Waals surface area contributed by atoms with Crippen LogP contribution in [-0.2, 0) is 4.79 Å². The summed E-state index contributed by atoms with van der Waals surface area (Å²) in [4.78, 5) is 11.9. The van der Waals surface area contributed by atoms with Crippen LogP contribution in [0.25, 0.3) is 0 Å². The number of hydrogen-bond acceptors (Lipinski definition) is 2. The van der Waals surface area contributed by atoms with Crippen molar-refractivity contribution in [3.05, 3.63) is 65.0 Å². The number of rotatable bonds is 5. The van der Waals surface area contributed by atoms with Gasteiger partial charge in [0.25, 0.3) is 5.91 Å². The Bertz CT molecular complexity index is 632. The SMILES string of the molecule is Cc1cc(C)cc(OCC(=O)N[C@H](C)c2ccc(F)cc2)c1. The average molecular weight is 301 g/mol. The number of hydrogen-bond donors (Lipinski definition) is 1. The van der Waals surface area contributed by atoms with Crippen LogP contribution in [0.1, 0.15) is 29.7 Å². The minimum Gasteiger partial charge on any atom is -0.484 e. The molecule has 1 amide bonds. The first-order valence-corrected chi connectivity index (χ1v) is 7.20. The lowest BCUT2D eigenvalue weighted by atomic mass is 10.1. The molecular weight excluding hydrogens is 281 g/mol. The minimum atomic E-state index is -0.291. The summed E-state index contributed by atoms with van der Waals surface area (Å²) in [6.07, 6.45) is 0. The van der Waals surface area contributed by atoms with E-state index in [0.717, 1.165) is 16.7 Å². The number of ether oxygens (including phenoxy) is 1. The van der Waals surface area contributed by atoms with E-state index in [-0.39, 0.29) is 24.4 Å². The molecule has 0 aliphatic heterocycles. The molecule has 0 aliphatic carbocycles. The van der Waals surface area contributed by atoms with Gasteiger partial charge in [0.05, 0.1) is 6.04 Å². The van der Waals surface area contributed by atoms with Crippen LogP contribution in [0.3, 0.4) is 0 Å². The zero-order valence-electron chi connectivity index (χ0n) is 13.0. The van der Waals surface area contributed by atoms with E-state index in [1.54, 1.807) is 12.1 Å². The zero-order chi connectivity index (χ0) is 16.1. The fraction of sp³-hybridized carbons (Fsp3) is 0.278. The highest BCUT2D eigenvalue weighted by Crippen LogP contribution is 2.16. The van der Waals surface area contributed by atoms with Gasteiger partial charge in [-0.3, -0.25) is 4.79 Å². The van der Waals surface area contributed by atoms with Crippen LogP contribution >= 0.6 is 0 Å². The molecule has 2 rings (SSSR count). The molecular formula is C18H20FNO2. The van der Waals surface area contributed by atoms with Crippen LogP contribution in [0.2, 0.25) is 0 Å². The van der Waals surface area contributed by atoms with Gasteiger partial charge >= 0.3 is 0 Å². The Balaban J connectivity index is 1.88. The Morgan fingerprint density at radius 2 is 1.73 bits per heavy atom. The first-order valence-electron chi connectivity index (χ1n) is 7.20. The van der Waals surface area contributed by atoms with Gasteiger partial charge in [0.1, 0.15) is 11.6 Å². The normalized spacial score (nSPS) is 11.8. The summed E-state index contributed by atoms with van der Waals surface area (Å²) in [7, 11) is 0. The van der Waals surface area contributed by atoms with E-state index < -0.39 is 0 Å². The number of aryl methyl sites for hydroxylation is 2. The highest BCUT2D eigenvalue weighted by molar-refractivity contribution is 5.78. The number of nitrogens with one attached hydrogen (secondary N) is 1. The van der Waals surface area contributed by atoms with Crippen molar-refractivity contribution in [1.29, 1.82) is 0 Å². The molecule has 116 valence electrons. The smallest absolute Gasteiger partial charge is 0.258 e. The van der Waals surface area contributed by atoms with Crippen molar-refractivity contribution in [2.24, 2.45) is 0 Å². The molecule has 0 saturated heterocycles. The molecule has 0 unspecified atom stereocenters. The number of carbonyl (C=O) groups excluding carboxylic acids is 1. The Morgan fingerprint density at radius 3 is 2.32 bits per heavy atom. The van der Waals surface area contributed by atoms with E-state index in [1.807, 2.05) is 39.0 Å². The van der Waals surface area contributed by atoms with E-state index in [9.17, 15) is 9.18 Å². The van der Waals surface area contributed by atoms with Crippen LogP contribution in [-0.4, -0.2) is 12.5 Å². The first-order chi connectivity index (χ1) is 10.4. The van der Waals surface area contributed by atoms with Crippen molar-refractivity contribution < 1.29 is 13.9 Å². The van der Waals surface area contributed by atoms with Gasteiger partial charge < -0.3 is 10.1 Å². The van der Waals surface area contributed by atoms with Crippen molar-refractivity contribution in [2.75, 3.05) is 6.61 Å². The van der Waals surface area contributed by atoms with Gasteiger partial charge in [0.2, 0.25) is 0 Å². The van der Waals surface area contributed by atoms with Gasteiger partial charge in [-0.15, -0.1) is 0 Å². The molecule has 0 spiro atoms. The molecule has 2 aromatic rings. The maximum Gasteiger partial charge on any atom is 0.258 e. The van der Waals surface area contributed by atoms with E-state index in [1.165, 1.54) is 12.1 Å². The number of amides is 1. The van der Waals surface area contributed by atoms with Crippen molar-refractivity contribution in [3.8, 4) is 5.75 Å². The lowest BCUT2D eigenvalue weighted by molar-refractivity contribution is -0.123. The number of benzene rings is 2. The first kappa shape index (κ1) is 16.0. The quantitative estimate of drug-likeness (QED) is 0.914. The van der Waals surface area contributed by atoms with Gasteiger partial charge in [-0.2, -0.15) is 0 Å². The Kier molecular flexibility index (Phi) is 5.15. The van der Waals surface area contributed by atoms with E-state index in [2.05, 4.69) is 5.32 Å². The van der Waals surface area contributed by atoms with E-state index in [0.29, 0.717) is 5.75 Å². The summed E-state index contributed by atoms with van der Waals surface area (Å²) >= 11 is 0. The molecule has 3 nitrogen and oxygen atoms in total. The van der Waals surface area contributed by atoms with Crippen LogP contribution in [0.5, 0.6) is 5.75 Å². The van der Waals surface area contributed by atoms with Crippen molar-refractivity contribution in [3.63, 3.8) is 0 Å². The lowest BCUT2D eigenvalue weighted by Gasteiger charge is -2.15. The predicted molar refractivity (Wildman–Crippen MR) is 84.4 cm³/mol. The molecule has 0 aliphatic rings. The van der Waals surface area contributed by atoms with Crippen LogP contribution in [0, 0.1) is 19.7 Å². The zero-order valence-corrected chi connectivity index (χ0v) is 13.0. The summed E-state index contributed by atoms with van der Waals surface area (Å²) in [6.45, 7) is 5.77. The lowest BCUT2D eigenvalue weighted by Crippen LogP contribution is -2.31. The molecule has 0 heterocycles. The van der Waals surface area contributed by atoms with Gasteiger partial charge in [0.15, 0.2) is 6.61 Å². The Hall–Kier alpha value is -2.36. The monoisotopic (exact) mass is 301 g/mol. The molecule has 0 bridgehead atoms. The average Bonchev–Trinajstić information content (AvgIpc) is 2.45. The molecule has 4 heteroatoms. The summed E-state index contributed by atoms with van der Waals surface area (Å²) in [5.74, 6) is 0.179. The van der Waals surface area contributed by atoms with Gasteiger partial charge in [-0.25, -0.2) is 4.39 Å². The predicted octanol–water partition coefficient (Wildman–Crippen LogP) is 3.70. The minimum absolute atomic E-state index is 0.0472. The fourth-order valence-corrected chi connectivity index (χ4v) is 2.28. The standard InChI is InChI=1S/C18H20FNO2/c1-12-8-13(2)10-17(9-12)22-11-18(21)20-14(3)15-4-6-16(19)7-5-15/h4-10,14H,11H2,1-3H3,(H,20,21)/t14-/m1/s1. The largest absolute Gasteiger partial charge is 0.484 e. The van der Waals surface area contributed by atoms with Gasteiger partial charge in [-0.05, 0) is 61.7 Å². The second-order valence-electron chi connectivity index (χ2n) is 5.45. The van der Waals surface area contributed by atoms with Crippen molar-refractivity contribution in [2.45, 2.75) is 26.8 Å². The van der Waals surface area contributed by atoms with Crippen LogP contribution < -0.4 is 10.1 Å². The summed E-state index contributed by atoms with van der Waals surface area (Å²) < 4.78 is 18.4. The number of halogens is 1. The highest BCUT2D eigenvalue weighted by atomic mass is 19.1. The molecule has 1 atom stereocenters. The van der Waals surface area contributed by atoms with E-state index >= 15 is 0 Å². The second-order valence-corrected chi connectivity index (χ2v) is 5.45. The molecule has 0 fully saturated rings. The molecule has 1 N–H and O–H groups in total. The Morgan fingerprint density at radius 1 is 1.14 bits per heavy atom. The van der Waals surface area contributed by atoms with Crippen LogP contribution in [0.4, 0.5) is 4.39 Å². The van der Waals surface area contributed by atoms with Crippen molar-refractivity contribution >= 4 is 5.91 Å². The maximum atomic E-state index is 12.9. The summed E-state index contributed by atoms with van der Waals surface area (Å²) in [5, 5.41) is 2.83. The number of carbonyl (C=O) groups is 1. The van der Waals surface area contributed by atoms with Gasteiger partial charge in [-0.1, -0.05) is 18.2 Å². The third kappa shape index (κ3) is 4.58. The second kappa shape index (κ2) is 7.07. The fourth-order valence-electron chi connectivity index (χ4n) is 2.28. The van der Waals surface area contributed by atoms with Crippen molar-refractivity contribution in [1.82, 2.24) is 5.32 Å². The topological polar surface area (TPSA) is 38.3 Å². The molecule has 2 aromatic carbocycles. The molecule has 22 heavy (non-hydrogen) atoms. The molecule has 0 saturated carbocycles. The Labute approximate surface area is 130 Å². The molecule has 0 aromatic heterocycles. The van der Waals surface area contributed by atoms with Gasteiger partial charge in [0, 0.05) is 0 Å². The van der Waals surface area contributed by atoms with Crippen LogP contribution in [0.15, 0.2) is 42.5 Å². The van der Waals surface area contributed by atoms with E-state index in [4.69, 9.17) is 4.74 Å². The highest BCUT2D eigenvalue weighted by Gasteiger charge is 2.10. The third-order valence-corrected chi connectivity index (χ3v) is 3.31. The summed E-state index contributed by atoms with van der Waals surface area (Å²) in [5.41, 5.74) is 3.03. The molecule has 0 radical (unpaired) electrons. The third-order valence-electron chi connectivity index (χ3n) is 3.31. The summed E-state index contributed by atoms with van der Waals surface area (Å²) in [6, 6.07) is 11.7. The maximum absolute atomic E-state index is 12.9.